The highest BCUT2D eigenvalue weighted by molar-refractivity contribution is 5.97. The van der Waals surface area contributed by atoms with Crippen molar-refractivity contribution in [2.75, 3.05) is 42.5 Å². The number of hydrogen-bond donors (Lipinski definition) is 2. The largest absolute Gasteiger partial charge is 0.471 e. The molecule has 2 N–H and O–H groups in total. The van der Waals surface area contributed by atoms with Crippen LogP contribution in [0.3, 0.4) is 0 Å². The molecule has 1 aliphatic heterocycles. The molecule has 8 nitrogen and oxygen atoms in total. The van der Waals surface area contributed by atoms with Crippen molar-refractivity contribution >= 4 is 17.4 Å². The number of amides is 1. The summed E-state index contributed by atoms with van der Waals surface area (Å²) in [5, 5.41) is 21.7. The molecule has 11 heteroatoms. The van der Waals surface area contributed by atoms with Gasteiger partial charge in [-0.3, -0.25) is 9.78 Å². The van der Waals surface area contributed by atoms with Crippen LogP contribution in [0.1, 0.15) is 12.0 Å². The smallest absolute Gasteiger partial charge is 0.355 e. The second-order valence-corrected chi connectivity index (χ2v) is 8.14. The van der Waals surface area contributed by atoms with Gasteiger partial charge in [0.1, 0.15) is 11.9 Å². The number of H-pyrrole nitrogens is 1. The van der Waals surface area contributed by atoms with Gasteiger partial charge in [0.15, 0.2) is 0 Å². The van der Waals surface area contributed by atoms with Crippen molar-refractivity contribution in [1.82, 2.24) is 15.3 Å². The maximum absolute atomic E-state index is 13.2. The Morgan fingerprint density at radius 2 is 1.89 bits per heavy atom. The first-order valence-electron chi connectivity index (χ1n) is 11.2. The molecular weight excluding hydrogens is 471 g/mol. The minimum absolute atomic E-state index is 0.0184. The maximum Gasteiger partial charge on any atom is 0.471 e. The highest BCUT2D eigenvalue weighted by Crippen LogP contribution is 2.31. The third-order valence-corrected chi connectivity index (χ3v) is 5.81. The van der Waals surface area contributed by atoms with E-state index in [1.165, 1.54) is 18.2 Å². The van der Waals surface area contributed by atoms with E-state index >= 15 is 0 Å². The molecule has 0 radical (unpaired) electrons. The SMILES string of the molecule is N#CCCN(C(=O)C(F)(F)F)c1cccc(-c2cc(-c3cc(C#N)c(N4CCNCC4)[nH]3)ccn2)c1. The molecule has 1 fully saturated rings. The van der Waals surface area contributed by atoms with E-state index < -0.39 is 12.1 Å². The Morgan fingerprint density at radius 1 is 1.11 bits per heavy atom. The molecule has 1 aromatic carbocycles. The fraction of sp³-hybridized carbons (Fsp3) is 0.280. The number of rotatable bonds is 6. The number of anilines is 2. The van der Waals surface area contributed by atoms with E-state index in [1.54, 1.807) is 36.5 Å². The van der Waals surface area contributed by atoms with E-state index in [-0.39, 0.29) is 18.7 Å². The van der Waals surface area contributed by atoms with Gasteiger partial charge >= 0.3 is 12.1 Å². The summed E-state index contributed by atoms with van der Waals surface area (Å²) < 4.78 is 39.5. The Labute approximate surface area is 205 Å². The second-order valence-electron chi connectivity index (χ2n) is 8.14. The van der Waals surface area contributed by atoms with E-state index in [0.717, 1.165) is 37.6 Å². The predicted molar refractivity (Wildman–Crippen MR) is 128 cm³/mol. The summed E-state index contributed by atoms with van der Waals surface area (Å²) >= 11 is 0. The molecule has 3 heterocycles. The van der Waals surface area contributed by atoms with Crippen LogP contribution < -0.4 is 15.1 Å². The zero-order chi connectivity index (χ0) is 25.7. The van der Waals surface area contributed by atoms with Crippen molar-refractivity contribution < 1.29 is 18.0 Å². The minimum Gasteiger partial charge on any atom is -0.355 e. The maximum atomic E-state index is 13.2. The van der Waals surface area contributed by atoms with Crippen LogP contribution in [0.5, 0.6) is 0 Å². The van der Waals surface area contributed by atoms with Crippen molar-refractivity contribution in [3.8, 4) is 34.7 Å². The molecule has 0 atom stereocenters. The standard InChI is InChI=1S/C25H22F3N7O/c26-25(27,28)24(36)35(10-2-6-29)20-4-1-3-17(13-20)21-14-18(5-7-32-21)22-15-19(16-30)23(33-22)34-11-8-31-9-12-34/h1,3-5,7,13-15,31,33H,2,8-12H2. The van der Waals surface area contributed by atoms with Crippen LogP contribution >= 0.6 is 0 Å². The van der Waals surface area contributed by atoms with Crippen molar-refractivity contribution in [2.45, 2.75) is 12.6 Å². The summed E-state index contributed by atoms with van der Waals surface area (Å²) in [6.45, 7) is 2.78. The number of carbonyl (C=O) groups excluding carboxylic acids is 1. The third kappa shape index (κ3) is 5.32. The summed E-state index contributed by atoms with van der Waals surface area (Å²) in [6.07, 6.45) is -3.75. The molecule has 1 saturated heterocycles. The van der Waals surface area contributed by atoms with Gasteiger partial charge in [-0.25, -0.2) is 0 Å². The van der Waals surface area contributed by atoms with Crippen LogP contribution in [0.2, 0.25) is 0 Å². The Kier molecular flexibility index (Phi) is 7.23. The van der Waals surface area contributed by atoms with Gasteiger partial charge < -0.3 is 20.1 Å². The van der Waals surface area contributed by atoms with Gasteiger partial charge in [0.2, 0.25) is 0 Å². The molecule has 4 rings (SSSR count). The lowest BCUT2D eigenvalue weighted by Gasteiger charge is -2.28. The fourth-order valence-corrected chi connectivity index (χ4v) is 4.07. The van der Waals surface area contributed by atoms with Gasteiger partial charge in [-0.15, -0.1) is 0 Å². The molecule has 36 heavy (non-hydrogen) atoms. The molecule has 0 aliphatic carbocycles. The number of nitriles is 2. The molecule has 0 spiro atoms. The number of alkyl halides is 3. The molecule has 3 aromatic rings. The minimum atomic E-state index is -5.07. The Morgan fingerprint density at radius 3 is 2.58 bits per heavy atom. The summed E-state index contributed by atoms with van der Waals surface area (Å²) in [6, 6.07) is 15.3. The van der Waals surface area contributed by atoms with E-state index in [0.29, 0.717) is 27.4 Å². The summed E-state index contributed by atoms with van der Waals surface area (Å²) in [7, 11) is 0. The Bertz CT molecular complexity index is 1330. The van der Waals surface area contributed by atoms with Crippen LogP contribution in [-0.4, -0.2) is 54.8 Å². The summed E-state index contributed by atoms with van der Waals surface area (Å²) in [5.74, 6) is -1.29. The van der Waals surface area contributed by atoms with Crippen LogP contribution in [0.25, 0.3) is 22.5 Å². The van der Waals surface area contributed by atoms with Crippen LogP contribution in [0.4, 0.5) is 24.7 Å². The zero-order valence-corrected chi connectivity index (χ0v) is 19.1. The number of nitrogens with one attached hydrogen (secondary N) is 2. The number of nitrogens with zero attached hydrogens (tertiary/aromatic N) is 5. The number of pyridine rings is 1. The van der Waals surface area contributed by atoms with E-state index in [2.05, 4.69) is 26.3 Å². The van der Waals surface area contributed by atoms with Crippen molar-refractivity contribution in [3.05, 3.63) is 54.2 Å². The average Bonchev–Trinajstić information content (AvgIpc) is 3.34. The quantitative estimate of drug-likeness (QED) is 0.540. The van der Waals surface area contributed by atoms with Crippen LogP contribution in [0, 0.1) is 22.7 Å². The number of hydrogen-bond acceptors (Lipinski definition) is 6. The summed E-state index contributed by atoms with van der Waals surface area (Å²) in [5.41, 5.74) is 2.97. The van der Waals surface area contributed by atoms with Crippen LogP contribution in [-0.2, 0) is 4.79 Å². The Hall–Kier alpha value is -4.35. The van der Waals surface area contributed by atoms with Crippen molar-refractivity contribution in [1.29, 1.82) is 10.5 Å². The highest BCUT2D eigenvalue weighted by atomic mass is 19.4. The lowest BCUT2D eigenvalue weighted by atomic mass is 10.1. The molecule has 1 amide bonds. The number of halogens is 3. The number of aromatic amines is 1. The molecule has 0 bridgehead atoms. The third-order valence-electron chi connectivity index (χ3n) is 5.81. The van der Waals surface area contributed by atoms with Gasteiger partial charge in [0.05, 0.1) is 23.7 Å². The lowest BCUT2D eigenvalue weighted by molar-refractivity contribution is -0.170. The topological polar surface area (TPSA) is 112 Å². The first-order chi connectivity index (χ1) is 17.3. The average molecular weight is 493 g/mol. The molecular formula is C25H22F3N7O. The van der Waals surface area contributed by atoms with Gasteiger partial charge in [-0.1, -0.05) is 12.1 Å². The normalized spacial score (nSPS) is 13.6. The van der Waals surface area contributed by atoms with Gasteiger partial charge in [0.25, 0.3) is 0 Å². The highest BCUT2D eigenvalue weighted by Gasteiger charge is 2.43. The van der Waals surface area contributed by atoms with Gasteiger partial charge in [-0.05, 0) is 30.3 Å². The first kappa shape index (κ1) is 24.8. The number of carbonyl (C=O) groups is 1. The van der Waals surface area contributed by atoms with E-state index in [4.69, 9.17) is 5.26 Å². The monoisotopic (exact) mass is 493 g/mol. The first-order valence-corrected chi connectivity index (χ1v) is 11.2. The molecule has 0 unspecified atom stereocenters. The van der Waals surface area contributed by atoms with E-state index in [9.17, 15) is 23.2 Å². The van der Waals surface area contributed by atoms with E-state index in [1.807, 2.05) is 0 Å². The molecule has 184 valence electrons. The van der Waals surface area contributed by atoms with Gasteiger partial charge in [0, 0.05) is 61.4 Å². The second kappa shape index (κ2) is 10.5. The fourth-order valence-electron chi connectivity index (χ4n) is 4.07. The van der Waals surface area contributed by atoms with Crippen molar-refractivity contribution in [3.63, 3.8) is 0 Å². The Balaban J connectivity index is 1.67. The number of benzene rings is 1. The number of aromatic nitrogens is 2. The molecule has 1 aliphatic rings. The molecule has 0 saturated carbocycles. The predicted octanol–water partition coefficient (Wildman–Crippen LogP) is 3.83. The molecule has 2 aromatic heterocycles. The lowest BCUT2D eigenvalue weighted by Crippen LogP contribution is -2.44. The van der Waals surface area contributed by atoms with Crippen LogP contribution in [0.15, 0.2) is 48.7 Å². The van der Waals surface area contributed by atoms with Gasteiger partial charge in [-0.2, -0.15) is 23.7 Å². The van der Waals surface area contributed by atoms with Crippen molar-refractivity contribution in [2.24, 2.45) is 0 Å². The zero-order valence-electron chi connectivity index (χ0n) is 19.1. The number of piperazine rings is 1. The summed E-state index contributed by atoms with van der Waals surface area (Å²) in [4.78, 5) is 22.3.